The summed E-state index contributed by atoms with van der Waals surface area (Å²) in [6, 6.07) is 0.825. The molecule has 2 fully saturated rings. The lowest BCUT2D eigenvalue weighted by molar-refractivity contribution is -0.121. The number of nitrogens with zero attached hydrogens (tertiary/aromatic N) is 1. The van der Waals surface area contributed by atoms with Crippen molar-refractivity contribution in [3.05, 3.63) is 0 Å². The maximum atomic E-state index is 12.1. The lowest BCUT2D eigenvalue weighted by atomic mass is 10.0. The summed E-state index contributed by atoms with van der Waals surface area (Å²) in [4.78, 5) is 14.5. The van der Waals surface area contributed by atoms with Gasteiger partial charge in [0.15, 0.2) is 0 Å². The van der Waals surface area contributed by atoms with Gasteiger partial charge in [0.25, 0.3) is 0 Å². The molecule has 21 heavy (non-hydrogen) atoms. The Labute approximate surface area is 128 Å². The van der Waals surface area contributed by atoms with Crippen LogP contribution in [0, 0.1) is 5.92 Å². The van der Waals surface area contributed by atoms with Gasteiger partial charge in [-0.05, 0) is 31.7 Å². The highest BCUT2D eigenvalue weighted by molar-refractivity contribution is 5.76. The van der Waals surface area contributed by atoms with Crippen molar-refractivity contribution < 1.29 is 9.53 Å². The second-order valence-electron chi connectivity index (χ2n) is 6.73. The third-order valence-corrected chi connectivity index (χ3v) is 4.43. The number of nitrogens with one attached hydrogen (secondary N) is 2. The first-order chi connectivity index (χ1) is 10.1. The first kappa shape index (κ1) is 16.7. The van der Waals surface area contributed by atoms with E-state index in [-0.39, 0.29) is 5.91 Å². The molecule has 0 aromatic carbocycles. The zero-order valence-corrected chi connectivity index (χ0v) is 13.6. The van der Waals surface area contributed by atoms with Gasteiger partial charge in [-0.3, -0.25) is 9.69 Å². The third-order valence-electron chi connectivity index (χ3n) is 4.43. The van der Waals surface area contributed by atoms with Crippen molar-refractivity contribution in [2.45, 2.75) is 51.6 Å². The Hall–Kier alpha value is -0.650. The van der Waals surface area contributed by atoms with Crippen LogP contribution in [0.5, 0.6) is 0 Å². The Morgan fingerprint density at radius 3 is 2.76 bits per heavy atom. The van der Waals surface area contributed by atoms with Gasteiger partial charge in [-0.15, -0.1) is 0 Å². The summed E-state index contributed by atoms with van der Waals surface area (Å²) < 4.78 is 5.43. The van der Waals surface area contributed by atoms with Crippen LogP contribution >= 0.6 is 0 Å². The van der Waals surface area contributed by atoms with Crippen LogP contribution in [0.2, 0.25) is 0 Å². The summed E-state index contributed by atoms with van der Waals surface area (Å²) in [6.45, 7) is 9.92. The number of morpholine rings is 1. The van der Waals surface area contributed by atoms with Crippen LogP contribution in [0.15, 0.2) is 0 Å². The third kappa shape index (κ3) is 5.93. The monoisotopic (exact) mass is 297 g/mol. The highest BCUT2D eigenvalue weighted by atomic mass is 16.5. The zero-order valence-electron chi connectivity index (χ0n) is 13.6. The minimum absolute atomic E-state index is 0.191. The first-order valence-electron chi connectivity index (χ1n) is 8.47. The Kier molecular flexibility index (Phi) is 6.93. The fourth-order valence-corrected chi connectivity index (χ4v) is 3.31. The molecule has 2 rings (SSSR count). The van der Waals surface area contributed by atoms with Crippen molar-refractivity contribution in [1.82, 2.24) is 15.5 Å². The van der Waals surface area contributed by atoms with Crippen LogP contribution in [-0.4, -0.2) is 62.3 Å². The second kappa shape index (κ2) is 8.71. The second-order valence-corrected chi connectivity index (χ2v) is 6.73. The van der Waals surface area contributed by atoms with Gasteiger partial charge < -0.3 is 15.4 Å². The van der Waals surface area contributed by atoms with Gasteiger partial charge in [0, 0.05) is 38.1 Å². The Morgan fingerprint density at radius 2 is 2.14 bits per heavy atom. The van der Waals surface area contributed by atoms with Crippen molar-refractivity contribution in [3.8, 4) is 0 Å². The number of hydrogen-bond acceptors (Lipinski definition) is 4. The van der Waals surface area contributed by atoms with Gasteiger partial charge in [-0.1, -0.05) is 13.8 Å². The molecule has 2 heterocycles. The number of hydrogen-bond donors (Lipinski definition) is 2. The van der Waals surface area contributed by atoms with Gasteiger partial charge in [-0.2, -0.15) is 0 Å². The van der Waals surface area contributed by atoms with Crippen LogP contribution in [0.1, 0.15) is 39.5 Å². The molecule has 0 aliphatic carbocycles. The topological polar surface area (TPSA) is 53.6 Å². The molecule has 0 saturated carbocycles. The normalized spacial score (nSPS) is 25.2. The highest BCUT2D eigenvalue weighted by Gasteiger charge is 2.23. The van der Waals surface area contributed by atoms with Crippen LogP contribution in [-0.2, 0) is 9.53 Å². The quantitative estimate of drug-likeness (QED) is 0.736. The van der Waals surface area contributed by atoms with E-state index in [0.717, 1.165) is 52.2 Å². The van der Waals surface area contributed by atoms with Crippen LogP contribution in [0.3, 0.4) is 0 Å². The van der Waals surface area contributed by atoms with E-state index in [1.165, 1.54) is 6.42 Å². The standard InChI is InChI=1S/C16H31N3O2/c1-13(2)10-15(19-6-8-21-9-7-19)12-18-16(20)11-14-4-3-5-17-14/h13-15,17H,3-12H2,1-2H3,(H,18,20). The molecule has 5 nitrogen and oxygen atoms in total. The van der Waals surface area contributed by atoms with E-state index in [2.05, 4.69) is 29.4 Å². The molecule has 0 spiro atoms. The van der Waals surface area contributed by atoms with E-state index in [9.17, 15) is 4.79 Å². The van der Waals surface area contributed by atoms with Crippen molar-refractivity contribution in [3.63, 3.8) is 0 Å². The van der Waals surface area contributed by atoms with Crippen LogP contribution < -0.4 is 10.6 Å². The van der Waals surface area contributed by atoms with E-state index >= 15 is 0 Å². The van der Waals surface area contributed by atoms with Crippen LogP contribution in [0.4, 0.5) is 0 Å². The predicted molar refractivity (Wildman–Crippen MR) is 84.3 cm³/mol. The molecule has 2 unspecified atom stereocenters. The summed E-state index contributed by atoms with van der Waals surface area (Å²) in [7, 11) is 0. The molecular formula is C16H31N3O2. The number of carbonyl (C=O) groups is 1. The average Bonchev–Trinajstić information content (AvgIpc) is 2.97. The number of carbonyl (C=O) groups excluding carboxylic acids is 1. The van der Waals surface area contributed by atoms with E-state index in [1.807, 2.05) is 0 Å². The molecule has 0 aromatic heterocycles. The van der Waals surface area contributed by atoms with Gasteiger partial charge in [0.2, 0.25) is 5.91 Å². The van der Waals surface area contributed by atoms with E-state index in [0.29, 0.717) is 24.4 Å². The fourth-order valence-electron chi connectivity index (χ4n) is 3.31. The van der Waals surface area contributed by atoms with Crippen molar-refractivity contribution >= 4 is 5.91 Å². The Morgan fingerprint density at radius 1 is 1.38 bits per heavy atom. The Bertz CT molecular complexity index is 311. The number of rotatable bonds is 7. The summed E-state index contributed by atoms with van der Waals surface area (Å²) in [5.74, 6) is 0.836. The maximum absolute atomic E-state index is 12.1. The first-order valence-corrected chi connectivity index (χ1v) is 8.47. The van der Waals surface area contributed by atoms with Crippen molar-refractivity contribution in [2.75, 3.05) is 39.4 Å². The molecular weight excluding hydrogens is 266 g/mol. The molecule has 2 atom stereocenters. The SMILES string of the molecule is CC(C)CC(CNC(=O)CC1CCCN1)N1CCOCC1. The zero-order chi connectivity index (χ0) is 15.1. The number of amides is 1. The van der Waals surface area contributed by atoms with Gasteiger partial charge in [0.05, 0.1) is 13.2 Å². The minimum atomic E-state index is 0.191. The van der Waals surface area contributed by atoms with Gasteiger partial charge in [-0.25, -0.2) is 0 Å². The van der Waals surface area contributed by atoms with Crippen LogP contribution in [0.25, 0.3) is 0 Å². The van der Waals surface area contributed by atoms with Crippen molar-refractivity contribution in [1.29, 1.82) is 0 Å². The van der Waals surface area contributed by atoms with Gasteiger partial charge >= 0.3 is 0 Å². The Balaban J connectivity index is 1.75. The molecule has 0 bridgehead atoms. The minimum Gasteiger partial charge on any atom is -0.379 e. The molecule has 122 valence electrons. The molecule has 1 amide bonds. The van der Waals surface area contributed by atoms with E-state index < -0.39 is 0 Å². The van der Waals surface area contributed by atoms with Gasteiger partial charge in [0.1, 0.15) is 0 Å². The summed E-state index contributed by atoms with van der Waals surface area (Å²) in [5.41, 5.74) is 0. The largest absolute Gasteiger partial charge is 0.379 e. The van der Waals surface area contributed by atoms with Crippen molar-refractivity contribution in [2.24, 2.45) is 5.92 Å². The molecule has 0 radical (unpaired) electrons. The van der Waals surface area contributed by atoms with E-state index in [4.69, 9.17) is 4.74 Å². The summed E-state index contributed by atoms with van der Waals surface area (Å²) >= 11 is 0. The summed E-state index contributed by atoms with van der Waals surface area (Å²) in [6.07, 6.45) is 4.08. The smallest absolute Gasteiger partial charge is 0.221 e. The predicted octanol–water partition coefficient (Wildman–Crippen LogP) is 0.992. The molecule has 2 saturated heterocycles. The average molecular weight is 297 g/mol. The highest BCUT2D eigenvalue weighted by Crippen LogP contribution is 2.13. The summed E-state index contributed by atoms with van der Waals surface area (Å²) in [5, 5.41) is 6.53. The number of ether oxygens (including phenoxy) is 1. The maximum Gasteiger partial charge on any atom is 0.221 e. The lowest BCUT2D eigenvalue weighted by Gasteiger charge is -2.35. The molecule has 2 aliphatic heterocycles. The molecule has 2 aliphatic rings. The molecule has 2 N–H and O–H groups in total. The van der Waals surface area contributed by atoms with E-state index in [1.54, 1.807) is 0 Å². The fraction of sp³-hybridized carbons (Fsp3) is 0.938. The lowest BCUT2D eigenvalue weighted by Crippen LogP contribution is -2.49. The molecule has 5 heteroatoms. The molecule has 0 aromatic rings.